The van der Waals surface area contributed by atoms with Crippen molar-refractivity contribution in [1.82, 2.24) is 19.9 Å². The van der Waals surface area contributed by atoms with E-state index in [0.717, 1.165) is 37.1 Å². The Morgan fingerprint density at radius 2 is 1.89 bits per heavy atom. The number of para-hydroxylation sites is 1. The molecule has 0 bridgehead atoms. The van der Waals surface area contributed by atoms with Crippen molar-refractivity contribution < 1.29 is 0 Å². The van der Waals surface area contributed by atoms with E-state index < -0.39 is 0 Å². The van der Waals surface area contributed by atoms with Gasteiger partial charge in [-0.25, -0.2) is 4.98 Å². The fraction of sp³-hybridized carbons (Fsp3) is 0.174. The van der Waals surface area contributed by atoms with Crippen molar-refractivity contribution in [2.24, 2.45) is 0 Å². The number of hydrogen-bond donors (Lipinski definition) is 1. The Hall–Kier alpha value is -3.49. The number of nitriles is 1. The SMILES string of the molecule is N#Cc1ccc(Cn2cncc2CCNCc2ccnc3ccccc23)cc1. The molecule has 4 rings (SSSR count). The summed E-state index contributed by atoms with van der Waals surface area (Å²) in [4.78, 5) is 8.72. The summed E-state index contributed by atoms with van der Waals surface area (Å²) in [5.74, 6) is 0. The number of rotatable bonds is 7. The van der Waals surface area contributed by atoms with E-state index in [4.69, 9.17) is 5.26 Å². The van der Waals surface area contributed by atoms with Gasteiger partial charge in [0.05, 0.1) is 23.5 Å². The lowest BCUT2D eigenvalue weighted by Crippen LogP contribution is -2.18. The highest BCUT2D eigenvalue weighted by molar-refractivity contribution is 5.81. The molecule has 28 heavy (non-hydrogen) atoms. The van der Waals surface area contributed by atoms with Gasteiger partial charge in [0.25, 0.3) is 0 Å². The van der Waals surface area contributed by atoms with Crippen LogP contribution in [0.3, 0.4) is 0 Å². The molecule has 0 radical (unpaired) electrons. The number of nitrogens with one attached hydrogen (secondary N) is 1. The topological polar surface area (TPSA) is 66.5 Å². The number of imidazole rings is 1. The van der Waals surface area contributed by atoms with Crippen molar-refractivity contribution in [3.8, 4) is 6.07 Å². The first kappa shape index (κ1) is 17.9. The number of benzene rings is 2. The van der Waals surface area contributed by atoms with Crippen LogP contribution >= 0.6 is 0 Å². The number of nitrogens with zero attached hydrogens (tertiary/aromatic N) is 4. The number of aromatic nitrogens is 3. The Morgan fingerprint density at radius 1 is 1.04 bits per heavy atom. The van der Waals surface area contributed by atoms with Crippen LogP contribution < -0.4 is 5.32 Å². The first-order valence-corrected chi connectivity index (χ1v) is 9.35. The standard InChI is InChI=1S/C23H21N5/c24-13-18-5-7-19(8-6-18)16-28-17-26-15-21(28)10-11-25-14-20-9-12-27-23-4-2-1-3-22(20)23/h1-9,12,15,17,25H,10-11,14,16H2. The predicted molar refractivity (Wildman–Crippen MR) is 110 cm³/mol. The van der Waals surface area contributed by atoms with E-state index in [1.165, 1.54) is 16.6 Å². The van der Waals surface area contributed by atoms with Crippen molar-refractivity contribution in [3.05, 3.63) is 95.7 Å². The normalized spacial score (nSPS) is 10.8. The van der Waals surface area contributed by atoms with Crippen LogP contribution in [0.15, 0.2) is 73.3 Å². The van der Waals surface area contributed by atoms with Crippen LogP contribution in [0, 0.1) is 11.3 Å². The average Bonchev–Trinajstić information content (AvgIpc) is 3.18. The first-order chi connectivity index (χ1) is 13.8. The lowest BCUT2D eigenvalue weighted by Gasteiger charge is -2.10. The minimum atomic E-state index is 0.683. The molecule has 2 aromatic heterocycles. The van der Waals surface area contributed by atoms with Gasteiger partial charge >= 0.3 is 0 Å². The lowest BCUT2D eigenvalue weighted by molar-refractivity contribution is 0.654. The molecule has 2 aromatic carbocycles. The fourth-order valence-corrected chi connectivity index (χ4v) is 3.33. The molecule has 0 saturated heterocycles. The van der Waals surface area contributed by atoms with E-state index in [2.05, 4.69) is 44.1 Å². The van der Waals surface area contributed by atoms with E-state index >= 15 is 0 Å². The van der Waals surface area contributed by atoms with Gasteiger partial charge in [-0.15, -0.1) is 0 Å². The maximum absolute atomic E-state index is 8.91. The molecule has 2 heterocycles. The van der Waals surface area contributed by atoms with E-state index in [0.29, 0.717) is 5.56 Å². The van der Waals surface area contributed by atoms with Crippen molar-refractivity contribution in [2.45, 2.75) is 19.5 Å². The predicted octanol–water partition coefficient (Wildman–Crippen LogP) is 3.68. The monoisotopic (exact) mass is 367 g/mol. The minimum absolute atomic E-state index is 0.683. The third kappa shape index (κ3) is 4.08. The highest BCUT2D eigenvalue weighted by atomic mass is 15.0. The second-order valence-corrected chi connectivity index (χ2v) is 6.74. The molecule has 4 aromatic rings. The first-order valence-electron chi connectivity index (χ1n) is 9.35. The molecule has 0 aliphatic heterocycles. The second kappa shape index (κ2) is 8.47. The number of pyridine rings is 1. The van der Waals surface area contributed by atoms with Gasteiger partial charge in [-0.05, 0) is 35.4 Å². The van der Waals surface area contributed by atoms with Crippen LogP contribution in [0.25, 0.3) is 10.9 Å². The summed E-state index contributed by atoms with van der Waals surface area (Å²) in [6.45, 7) is 2.44. The molecule has 1 N–H and O–H groups in total. The van der Waals surface area contributed by atoms with Crippen molar-refractivity contribution in [3.63, 3.8) is 0 Å². The van der Waals surface area contributed by atoms with Gasteiger partial charge in [-0.1, -0.05) is 30.3 Å². The smallest absolute Gasteiger partial charge is 0.0991 e. The molecule has 0 spiro atoms. The number of fused-ring (bicyclic) bond motifs is 1. The van der Waals surface area contributed by atoms with E-state index in [-0.39, 0.29) is 0 Å². The summed E-state index contributed by atoms with van der Waals surface area (Å²) >= 11 is 0. The molecule has 0 atom stereocenters. The highest BCUT2D eigenvalue weighted by Crippen LogP contribution is 2.16. The van der Waals surface area contributed by atoms with Gasteiger partial charge in [0.1, 0.15) is 0 Å². The van der Waals surface area contributed by atoms with E-state index in [1.54, 1.807) is 0 Å². The molecule has 5 heteroatoms. The quantitative estimate of drug-likeness (QED) is 0.506. The maximum atomic E-state index is 8.91. The van der Waals surface area contributed by atoms with Crippen LogP contribution in [-0.2, 0) is 19.5 Å². The lowest BCUT2D eigenvalue weighted by atomic mass is 10.1. The zero-order valence-electron chi connectivity index (χ0n) is 15.5. The summed E-state index contributed by atoms with van der Waals surface area (Å²) in [7, 11) is 0. The Bertz CT molecular complexity index is 1100. The van der Waals surface area contributed by atoms with Gasteiger partial charge in [0, 0.05) is 49.5 Å². The fourth-order valence-electron chi connectivity index (χ4n) is 3.33. The zero-order valence-corrected chi connectivity index (χ0v) is 15.5. The molecule has 138 valence electrons. The van der Waals surface area contributed by atoms with Crippen LogP contribution in [0.2, 0.25) is 0 Å². The van der Waals surface area contributed by atoms with Gasteiger partial charge in [0.2, 0.25) is 0 Å². The molecule has 0 aliphatic carbocycles. The van der Waals surface area contributed by atoms with Crippen LogP contribution in [0.4, 0.5) is 0 Å². The van der Waals surface area contributed by atoms with E-state index in [9.17, 15) is 0 Å². The summed E-state index contributed by atoms with van der Waals surface area (Å²) in [5.41, 5.74) is 5.33. The maximum Gasteiger partial charge on any atom is 0.0991 e. The van der Waals surface area contributed by atoms with Crippen LogP contribution in [0.5, 0.6) is 0 Å². The largest absolute Gasteiger partial charge is 0.330 e. The van der Waals surface area contributed by atoms with Crippen LogP contribution in [0.1, 0.15) is 22.4 Å². The molecular weight excluding hydrogens is 346 g/mol. The third-order valence-corrected chi connectivity index (χ3v) is 4.85. The van der Waals surface area contributed by atoms with Crippen molar-refractivity contribution >= 4 is 10.9 Å². The van der Waals surface area contributed by atoms with Crippen molar-refractivity contribution in [2.75, 3.05) is 6.54 Å². The Kier molecular flexibility index (Phi) is 5.41. The number of hydrogen-bond acceptors (Lipinski definition) is 4. The third-order valence-electron chi connectivity index (χ3n) is 4.85. The molecule has 0 amide bonds. The van der Waals surface area contributed by atoms with Crippen LogP contribution in [-0.4, -0.2) is 21.1 Å². The molecule has 0 unspecified atom stereocenters. The average molecular weight is 367 g/mol. The summed E-state index contributed by atoms with van der Waals surface area (Å²) in [5, 5.41) is 13.6. The van der Waals surface area contributed by atoms with Gasteiger partial charge in [-0.3, -0.25) is 4.98 Å². The van der Waals surface area contributed by atoms with Gasteiger partial charge in [-0.2, -0.15) is 5.26 Å². The minimum Gasteiger partial charge on any atom is -0.330 e. The molecule has 0 aliphatic rings. The summed E-state index contributed by atoms with van der Waals surface area (Å²) < 4.78 is 2.16. The molecular formula is C23H21N5. The molecule has 0 fully saturated rings. The Labute approximate surface area is 164 Å². The summed E-state index contributed by atoms with van der Waals surface area (Å²) in [6.07, 6.45) is 6.56. The second-order valence-electron chi connectivity index (χ2n) is 6.74. The highest BCUT2D eigenvalue weighted by Gasteiger charge is 2.05. The van der Waals surface area contributed by atoms with Crippen molar-refractivity contribution in [1.29, 1.82) is 5.26 Å². The molecule has 5 nitrogen and oxygen atoms in total. The van der Waals surface area contributed by atoms with E-state index in [1.807, 2.05) is 55.1 Å². The van der Waals surface area contributed by atoms with Gasteiger partial charge < -0.3 is 9.88 Å². The Balaban J connectivity index is 1.34. The zero-order chi connectivity index (χ0) is 19.2. The van der Waals surface area contributed by atoms with Gasteiger partial charge in [0.15, 0.2) is 0 Å². The molecule has 0 saturated carbocycles. The summed E-state index contributed by atoms with van der Waals surface area (Å²) in [6, 6.07) is 20.1. The Morgan fingerprint density at radius 3 is 2.75 bits per heavy atom.